The molecule has 0 atom stereocenters. The maximum atomic E-state index is 12.8. The van der Waals surface area contributed by atoms with Crippen molar-refractivity contribution in [3.8, 4) is 17.2 Å². The average Bonchev–Trinajstić information content (AvgIpc) is 3.57. The first kappa shape index (κ1) is 21.5. The van der Waals surface area contributed by atoms with Crippen molar-refractivity contribution in [1.29, 1.82) is 0 Å². The number of hydrogen-bond acceptors (Lipinski definition) is 6. The van der Waals surface area contributed by atoms with Gasteiger partial charge in [0.1, 0.15) is 22.9 Å². The molecular formula is C24H26N2O6. The number of benzene rings is 2. The monoisotopic (exact) mass is 438 g/mol. The number of fused-ring (bicyclic) bond motifs is 1. The number of methoxy groups -OCH3 is 3. The van der Waals surface area contributed by atoms with Crippen molar-refractivity contribution in [2.75, 3.05) is 27.9 Å². The van der Waals surface area contributed by atoms with E-state index < -0.39 is 5.97 Å². The van der Waals surface area contributed by atoms with E-state index in [4.69, 9.17) is 18.9 Å². The Labute approximate surface area is 186 Å². The summed E-state index contributed by atoms with van der Waals surface area (Å²) < 4.78 is 21.1. The first-order chi connectivity index (χ1) is 15.5. The molecule has 32 heavy (non-hydrogen) atoms. The lowest BCUT2D eigenvalue weighted by atomic mass is 10.2. The Morgan fingerprint density at radius 1 is 0.969 bits per heavy atom. The lowest BCUT2D eigenvalue weighted by Crippen LogP contribution is -2.36. The molecule has 1 fully saturated rings. The zero-order chi connectivity index (χ0) is 22.7. The van der Waals surface area contributed by atoms with Gasteiger partial charge in [-0.2, -0.15) is 0 Å². The SMILES string of the molecule is COc1ccc(CN(C(=O)COC(=O)c2cc3cc(OC)cc(OC)c3[nH]2)C2CC2)cc1. The van der Waals surface area contributed by atoms with Crippen molar-refractivity contribution in [1.82, 2.24) is 9.88 Å². The number of esters is 1. The Bertz CT molecular complexity index is 1120. The van der Waals surface area contributed by atoms with Crippen LogP contribution in [-0.2, 0) is 16.1 Å². The number of rotatable bonds is 9. The Kier molecular flexibility index (Phi) is 6.20. The van der Waals surface area contributed by atoms with Crippen molar-refractivity contribution in [3.05, 3.63) is 53.7 Å². The molecule has 0 unspecified atom stereocenters. The molecule has 1 heterocycles. The number of aromatic nitrogens is 1. The predicted octanol–water partition coefficient (Wildman–Crippen LogP) is 3.54. The summed E-state index contributed by atoms with van der Waals surface area (Å²) in [5, 5.41) is 0.749. The molecule has 1 N–H and O–H groups in total. The van der Waals surface area contributed by atoms with Gasteiger partial charge in [0.05, 0.1) is 26.8 Å². The summed E-state index contributed by atoms with van der Waals surface area (Å²) >= 11 is 0. The number of carbonyl (C=O) groups is 2. The molecular weight excluding hydrogens is 412 g/mol. The zero-order valence-electron chi connectivity index (χ0n) is 18.3. The van der Waals surface area contributed by atoms with E-state index in [-0.39, 0.29) is 24.2 Å². The molecule has 2 aromatic carbocycles. The van der Waals surface area contributed by atoms with Gasteiger partial charge < -0.3 is 28.8 Å². The zero-order valence-corrected chi connectivity index (χ0v) is 18.3. The molecule has 8 heteroatoms. The topological polar surface area (TPSA) is 90.1 Å². The highest BCUT2D eigenvalue weighted by atomic mass is 16.5. The van der Waals surface area contributed by atoms with Crippen LogP contribution >= 0.6 is 0 Å². The second-order valence-electron chi connectivity index (χ2n) is 7.65. The van der Waals surface area contributed by atoms with Crippen LogP contribution in [0.3, 0.4) is 0 Å². The van der Waals surface area contributed by atoms with Crippen LogP contribution in [0.5, 0.6) is 17.2 Å². The predicted molar refractivity (Wildman–Crippen MR) is 118 cm³/mol. The minimum Gasteiger partial charge on any atom is -0.497 e. The van der Waals surface area contributed by atoms with E-state index in [0.29, 0.717) is 23.6 Å². The van der Waals surface area contributed by atoms with E-state index in [0.717, 1.165) is 29.5 Å². The smallest absolute Gasteiger partial charge is 0.355 e. The van der Waals surface area contributed by atoms with Gasteiger partial charge in [0.2, 0.25) is 0 Å². The fourth-order valence-corrected chi connectivity index (χ4v) is 3.60. The molecule has 3 aromatic rings. The van der Waals surface area contributed by atoms with Crippen molar-refractivity contribution < 1.29 is 28.5 Å². The molecule has 1 aromatic heterocycles. The molecule has 168 valence electrons. The van der Waals surface area contributed by atoms with Crippen molar-refractivity contribution in [2.24, 2.45) is 0 Å². The van der Waals surface area contributed by atoms with E-state index in [1.54, 1.807) is 44.4 Å². The number of ether oxygens (including phenoxy) is 4. The normalized spacial score (nSPS) is 13.0. The molecule has 0 spiro atoms. The van der Waals surface area contributed by atoms with Crippen LogP contribution in [0, 0.1) is 0 Å². The van der Waals surface area contributed by atoms with Crippen LogP contribution < -0.4 is 14.2 Å². The highest BCUT2D eigenvalue weighted by Gasteiger charge is 2.33. The van der Waals surface area contributed by atoms with Gasteiger partial charge in [0.25, 0.3) is 5.91 Å². The number of amides is 1. The molecule has 0 saturated heterocycles. The van der Waals surface area contributed by atoms with Crippen molar-refractivity contribution >= 4 is 22.8 Å². The Morgan fingerprint density at radius 2 is 1.69 bits per heavy atom. The second kappa shape index (κ2) is 9.21. The molecule has 0 aliphatic heterocycles. The Balaban J connectivity index is 1.42. The maximum absolute atomic E-state index is 12.8. The van der Waals surface area contributed by atoms with Gasteiger partial charge in [-0.05, 0) is 42.7 Å². The van der Waals surface area contributed by atoms with E-state index in [1.165, 1.54) is 0 Å². The van der Waals surface area contributed by atoms with Gasteiger partial charge in [0.15, 0.2) is 6.61 Å². The fraction of sp³-hybridized carbons (Fsp3) is 0.333. The summed E-state index contributed by atoms with van der Waals surface area (Å²) in [6.45, 7) is 0.149. The van der Waals surface area contributed by atoms with Crippen LogP contribution in [0.1, 0.15) is 28.9 Å². The van der Waals surface area contributed by atoms with E-state index in [9.17, 15) is 9.59 Å². The summed E-state index contributed by atoms with van der Waals surface area (Å²) in [6.07, 6.45) is 1.92. The van der Waals surface area contributed by atoms with Crippen LogP contribution in [0.15, 0.2) is 42.5 Å². The van der Waals surface area contributed by atoms with Crippen molar-refractivity contribution in [2.45, 2.75) is 25.4 Å². The second-order valence-corrected chi connectivity index (χ2v) is 7.65. The molecule has 8 nitrogen and oxygen atoms in total. The van der Waals surface area contributed by atoms with Gasteiger partial charge in [-0.3, -0.25) is 4.79 Å². The first-order valence-electron chi connectivity index (χ1n) is 10.4. The highest BCUT2D eigenvalue weighted by Crippen LogP contribution is 2.32. The molecule has 0 radical (unpaired) electrons. The standard InChI is InChI=1S/C24H26N2O6/c1-29-18-8-4-15(5-9-18)13-26(17-6-7-17)22(27)14-32-24(28)20-11-16-10-19(30-2)12-21(31-3)23(16)25-20/h4-5,8-12,17,25H,6-7,13-14H2,1-3H3. The van der Waals surface area contributed by atoms with Gasteiger partial charge in [-0.1, -0.05) is 12.1 Å². The van der Waals surface area contributed by atoms with E-state index in [1.807, 2.05) is 24.3 Å². The van der Waals surface area contributed by atoms with Crippen LogP contribution in [0.2, 0.25) is 0 Å². The molecule has 1 amide bonds. The Morgan fingerprint density at radius 3 is 2.31 bits per heavy atom. The van der Waals surface area contributed by atoms with Crippen molar-refractivity contribution in [3.63, 3.8) is 0 Å². The summed E-state index contributed by atoms with van der Waals surface area (Å²) in [6, 6.07) is 13.0. The van der Waals surface area contributed by atoms with E-state index in [2.05, 4.69) is 4.98 Å². The van der Waals surface area contributed by atoms with Gasteiger partial charge >= 0.3 is 5.97 Å². The first-order valence-corrected chi connectivity index (χ1v) is 10.4. The number of nitrogens with one attached hydrogen (secondary N) is 1. The van der Waals surface area contributed by atoms with Gasteiger partial charge in [-0.15, -0.1) is 0 Å². The number of hydrogen-bond donors (Lipinski definition) is 1. The molecule has 4 rings (SSSR count). The van der Waals surface area contributed by atoms with Gasteiger partial charge in [-0.25, -0.2) is 4.79 Å². The average molecular weight is 438 g/mol. The van der Waals surface area contributed by atoms with E-state index >= 15 is 0 Å². The number of nitrogens with zero attached hydrogens (tertiary/aromatic N) is 1. The lowest BCUT2D eigenvalue weighted by Gasteiger charge is -2.22. The third-order valence-electron chi connectivity index (χ3n) is 5.49. The fourth-order valence-electron chi connectivity index (χ4n) is 3.60. The lowest BCUT2D eigenvalue weighted by molar-refractivity contribution is -0.135. The van der Waals surface area contributed by atoms with Gasteiger partial charge in [0, 0.05) is 24.0 Å². The Hall–Kier alpha value is -3.68. The largest absolute Gasteiger partial charge is 0.497 e. The molecule has 0 bridgehead atoms. The maximum Gasteiger partial charge on any atom is 0.355 e. The third-order valence-corrected chi connectivity index (χ3v) is 5.49. The minimum atomic E-state index is -0.601. The van der Waals surface area contributed by atoms with Crippen LogP contribution in [0.4, 0.5) is 0 Å². The van der Waals surface area contributed by atoms with Crippen LogP contribution in [-0.4, -0.2) is 55.7 Å². The highest BCUT2D eigenvalue weighted by molar-refractivity contribution is 5.98. The quantitative estimate of drug-likeness (QED) is 0.514. The summed E-state index contributed by atoms with van der Waals surface area (Å²) in [7, 11) is 4.72. The summed E-state index contributed by atoms with van der Waals surface area (Å²) in [5.74, 6) is 1.11. The summed E-state index contributed by atoms with van der Waals surface area (Å²) in [5.41, 5.74) is 1.90. The summed E-state index contributed by atoms with van der Waals surface area (Å²) in [4.78, 5) is 30.2. The molecule has 1 aliphatic carbocycles. The van der Waals surface area contributed by atoms with Crippen LogP contribution in [0.25, 0.3) is 10.9 Å². The number of H-pyrrole nitrogens is 1. The number of aromatic amines is 1. The number of carbonyl (C=O) groups excluding carboxylic acids is 2. The minimum absolute atomic E-state index is 0.188. The third kappa shape index (κ3) is 4.64. The molecule has 1 aliphatic rings. The molecule has 1 saturated carbocycles.